The zero-order valence-corrected chi connectivity index (χ0v) is 33.9. The van der Waals surface area contributed by atoms with Crippen molar-refractivity contribution in [3.05, 3.63) is 189 Å². The summed E-state index contributed by atoms with van der Waals surface area (Å²) in [5, 5.41) is 0.547. The number of hydrogen-bond acceptors (Lipinski definition) is 9. The topological polar surface area (TPSA) is 97.4 Å². The Morgan fingerprint density at radius 3 is 1.66 bits per heavy atom. The highest BCUT2D eigenvalue weighted by atomic mass is 35.5. The average Bonchev–Trinajstić information content (AvgIpc) is 3.70. The van der Waals surface area contributed by atoms with E-state index in [-0.39, 0.29) is 6.61 Å². The minimum absolute atomic E-state index is 0.143. The maximum atomic E-state index is 12.8. The van der Waals surface area contributed by atoms with Gasteiger partial charge in [-0.2, -0.15) is 0 Å². The number of carbonyl (C=O) groups is 3. The molecule has 10 heteroatoms. The third kappa shape index (κ3) is 9.09. The molecule has 2 heterocycles. The van der Waals surface area contributed by atoms with Crippen molar-refractivity contribution in [3.8, 4) is 10.4 Å². The molecule has 0 N–H and O–H groups in total. The Hall–Kier alpha value is -5.58. The lowest BCUT2D eigenvalue weighted by Gasteiger charge is -2.46. The highest BCUT2D eigenvalue weighted by Gasteiger charge is 2.53. The molecular weight excluding hydrogens is 772 g/mol. The van der Waals surface area contributed by atoms with Gasteiger partial charge in [-0.05, 0) is 51.6 Å². The van der Waals surface area contributed by atoms with E-state index >= 15 is 0 Å². The minimum atomic E-state index is -1.26. The van der Waals surface area contributed by atoms with Crippen LogP contribution >= 0.6 is 22.9 Å². The number of halogens is 1. The molecule has 0 saturated carbocycles. The molecule has 0 aliphatic carbocycles. The number of benzene rings is 5. The van der Waals surface area contributed by atoms with Crippen LogP contribution in [0.1, 0.15) is 59.6 Å². The highest BCUT2D eigenvalue weighted by Crippen LogP contribution is 2.44. The first-order valence-electron chi connectivity index (χ1n) is 19.0. The van der Waals surface area contributed by atoms with Crippen LogP contribution in [0.5, 0.6) is 0 Å². The summed E-state index contributed by atoms with van der Waals surface area (Å²) in [4.78, 5) is 40.6. The van der Waals surface area contributed by atoms with Crippen molar-refractivity contribution in [1.82, 2.24) is 0 Å². The standard InChI is InChI=1S/C48H43ClO8S/c1-31(50)54-45-42(30-53-48(37-18-10-5-11-19-37,38-20-12-6-13-21-38)39-22-14-7-15-23-39)57-44(46(55-32(2)51)47(45)56-33(3)52)35-24-26-41(49)36(28-35)29-40-25-27-43(58-40)34-16-8-4-9-17-34/h4-28,42,44-47H,29-30H2,1-3H3/t42-,44+,45-,46+,47+/m1/s1. The number of ether oxygens (including phenoxy) is 5. The quantitative estimate of drug-likeness (QED) is 0.0646. The van der Waals surface area contributed by atoms with Crippen LogP contribution in [0.4, 0.5) is 0 Å². The Kier molecular flexibility index (Phi) is 12.8. The maximum absolute atomic E-state index is 12.8. The van der Waals surface area contributed by atoms with Gasteiger partial charge >= 0.3 is 17.9 Å². The number of thiophene rings is 1. The van der Waals surface area contributed by atoms with E-state index in [9.17, 15) is 14.4 Å². The predicted octanol–water partition coefficient (Wildman–Crippen LogP) is 9.90. The molecule has 0 amide bonds. The van der Waals surface area contributed by atoms with Crippen LogP contribution in [-0.4, -0.2) is 48.9 Å². The molecule has 1 saturated heterocycles. The Balaban J connectivity index is 1.30. The van der Waals surface area contributed by atoms with Gasteiger partial charge in [-0.3, -0.25) is 14.4 Å². The van der Waals surface area contributed by atoms with Crippen molar-refractivity contribution in [2.75, 3.05) is 6.61 Å². The van der Waals surface area contributed by atoms with Crippen molar-refractivity contribution in [2.24, 2.45) is 0 Å². The predicted molar refractivity (Wildman–Crippen MR) is 223 cm³/mol. The van der Waals surface area contributed by atoms with Crippen molar-refractivity contribution < 1.29 is 38.1 Å². The summed E-state index contributed by atoms with van der Waals surface area (Å²) >= 11 is 8.52. The second kappa shape index (κ2) is 18.3. The fraction of sp³-hybridized carbons (Fsp3) is 0.229. The minimum Gasteiger partial charge on any atom is -0.456 e. The summed E-state index contributed by atoms with van der Waals surface area (Å²) in [5.41, 5.74) is 3.97. The summed E-state index contributed by atoms with van der Waals surface area (Å²) in [6.45, 7) is 3.63. The van der Waals surface area contributed by atoms with Crippen LogP contribution in [-0.2, 0) is 50.1 Å². The molecule has 0 radical (unpaired) electrons. The monoisotopic (exact) mass is 814 g/mol. The first kappa shape index (κ1) is 40.6. The number of esters is 3. The van der Waals surface area contributed by atoms with Gasteiger partial charge in [0, 0.05) is 42.0 Å². The lowest BCUT2D eigenvalue weighted by Crippen LogP contribution is -2.60. The van der Waals surface area contributed by atoms with Crippen molar-refractivity contribution >= 4 is 40.8 Å². The van der Waals surface area contributed by atoms with Gasteiger partial charge in [0.1, 0.15) is 17.8 Å². The van der Waals surface area contributed by atoms with Crippen LogP contribution in [0.25, 0.3) is 10.4 Å². The largest absolute Gasteiger partial charge is 0.456 e. The molecule has 6 aromatic rings. The van der Waals surface area contributed by atoms with Gasteiger partial charge in [-0.1, -0.05) is 145 Å². The number of hydrogen-bond donors (Lipinski definition) is 0. The van der Waals surface area contributed by atoms with Crippen LogP contribution < -0.4 is 0 Å². The third-order valence-electron chi connectivity index (χ3n) is 10.0. The molecule has 1 fully saturated rings. The van der Waals surface area contributed by atoms with Crippen LogP contribution in [0.3, 0.4) is 0 Å². The van der Waals surface area contributed by atoms with Gasteiger partial charge in [0.15, 0.2) is 18.3 Å². The van der Waals surface area contributed by atoms with Gasteiger partial charge in [0.2, 0.25) is 0 Å². The van der Waals surface area contributed by atoms with Crippen molar-refractivity contribution in [3.63, 3.8) is 0 Å². The summed E-state index contributed by atoms with van der Waals surface area (Å²) in [6, 6.07) is 49.3. The zero-order chi connectivity index (χ0) is 40.6. The molecule has 1 aliphatic heterocycles. The molecule has 8 nitrogen and oxygen atoms in total. The van der Waals surface area contributed by atoms with E-state index in [1.165, 1.54) is 20.8 Å². The Bertz CT molecular complexity index is 2220. The van der Waals surface area contributed by atoms with Crippen LogP contribution in [0.2, 0.25) is 5.02 Å². The van der Waals surface area contributed by atoms with E-state index in [2.05, 4.69) is 24.3 Å². The lowest BCUT2D eigenvalue weighted by atomic mass is 9.80. The Labute approximate surface area is 347 Å². The first-order chi connectivity index (χ1) is 28.1. The molecular formula is C48H43ClO8S. The molecule has 0 bridgehead atoms. The van der Waals surface area contributed by atoms with E-state index in [4.69, 9.17) is 35.3 Å². The van der Waals surface area contributed by atoms with E-state index in [1.54, 1.807) is 23.5 Å². The van der Waals surface area contributed by atoms with Gasteiger partial charge in [0.05, 0.1) is 6.61 Å². The zero-order valence-electron chi connectivity index (χ0n) is 32.3. The fourth-order valence-corrected chi connectivity index (χ4v) is 8.82. The molecule has 1 aromatic heterocycles. The molecule has 0 unspecified atom stereocenters. The SMILES string of the molecule is CC(=O)O[C@@H]1[C@@H](OC(C)=O)[C@H](c2ccc(Cl)c(Cc3ccc(-c4ccccc4)s3)c2)O[C@H](COC(c2ccccc2)(c2ccccc2)c2ccccc2)[C@H]1OC(C)=O. The van der Waals surface area contributed by atoms with Gasteiger partial charge in [-0.15, -0.1) is 11.3 Å². The van der Waals surface area contributed by atoms with E-state index < -0.39 is 54.0 Å². The number of rotatable bonds is 13. The van der Waals surface area contributed by atoms with Crippen LogP contribution in [0, 0.1) is 0 Å². The molecule has 5 aromatic carbocycles. The summed E-state index contributed by atoms with van der Waals surface area (Å²) < 4.78 is 31.9. The van der Waals surface area contributed by atoms with Crippen LogP contribution in [0.15, 0.2) is 152 Å². The Morgan fingerprint density at radius 1 is 0.621 bits per heavy atom. The van der Waals surface area contributed by atoms with E-state index in [0.717, 1.165) is 37.6 Å². The second-order valence-corrected chi connectivity index (χ2v) is 15.6. The third-order valence-corrected chi connectivity index (χ3v) is 11.5. The average molecular weight is 815 g/mol. The molecule has 5 atom stereocenters. The van der Waals surface area contributed by atoms with Gasteiger partial charge < -0.3 is 23.7 Å². The molecule has 0 spiro atoms. The van der Waals surface area contributed by atoms with Gasteiger partial charge in [0.25, 0.3) is 0 Å². The van der Waals surface area contributed by atoms with Gasteiger partial charge in [-0.25, -0.2) is 0 Å². The second-order valence-electron chi connectivity index (χ2n) is 14.1. The molecule has 296 valence electrons. The molecule has 1 aliphatic rings. The summed E-state index contributed by atoms with van der Waals surface area (Å²) in [6.07, 6.45) is -5.18. The normalized spacial score (nSPS) is 19.2. The maximum Gasteiger partial charge on any atom is 0.303 e. The van der Waals surface area contributed by atoms with E-state index in [0.29, 0.717) is 17.0 Å². The number of carbonyl (C=O) groups excluding carboxylic acids is 3. The Morgan fingerprint density at radius 2 is 1.12 bits per heavy atom. The lowest BCUT2D eigenvalue weighted by molar-refractivity contribution is -0.258. The highest BCUT2D eigenvalue weighted by molar-refractivity contribution is 7.15. The molecule has 58 heavy (non-hydrogen) atoms. The van der Waals surface area contributed by atoms with E-state index in [1.807, 2.05) is 115 Å². The fourth-order valence-electron chi connectivity index (χ4n) is 7.60. The summed E-state index contributed by atoms with van der Waals surface area (Å²) in [7, 11) is 0. The van der Waals surface area contributed by atoms with Crippen molar-refractivity contribution in [1.29, 1.82) is 0 Å². The summed E-state index contributed by atoms with van der Waals surface area (Å²) in [5.74, 6) is -1.93. The molecule has 7 rings (SSSR count). The van der Waals surface area contributed by atoms with Crippen molar-refractivity contribution in [2.45, 2.75) is 63.3 Å². The first-order valence-corrected chi connectivity index (χ1v) is 20.2. The smallest absolute Gasteiger partial charge is 0.303 e.